The van der Waals surface area contributed by atoms with Crippen molar-refractivity contribution >= 4 is 23.5 Å². The Balaban J connectivity index is 2.13. The molecular weight excluding hydrogens is 216 g/mol. The van der Waals surface area contributed by atoms with Gasteiger partial charge < -0.3 is 5.11 Å². The Hall–Kier alpha value is -0.260. The summed E-state index contributed by atoms with van der Waals surface area (Å²) in [5, 5.41) is 9.36. The molecule has 1 saturated heterocycles. The van der Waals surface area contributed by atoms with Crippen molar-refractivity contribution in [3.8, 4) is 0 Å². The van der Waals surface area contributed by atoms with E-state index in [1.807, 2.05) is 23.5 Å². The van der Waals surface area contributed by atoms with Crippen LogP contribution in [0.1, 0.15) is 16.8 Å². The highest BCUT2D eigenvalue weighted by Gasteiger charge is 2.18. The Kier molecular flexibility index (Phi) is 3.67. The molecule has 1 aromatic heterocycles. The summed E-state index contributed by atoms with van der Waals surface area (Å²) < 4.78 is 0. The number of hydrogen-bond acceptors (Lipinski definition) is 5. The lowest BCUT2D eigenvalue weighted by molar-refractivity contribution is 0.276. The van der Waals surface area contributed by atoms with Gasteiger partial charge >= 0.3 is 0 Å². The lowest BCUT2D eigenvalue weighted by Crippen LogP contribution is -2.10. The van der Waals surface area contributed by atoms with E-state index in [0.717, 1.165) is 11.6 Å². The summed E-state index contributed by atoms with van der Waals surface area (Å²) in [5.41, 5.74) is 0.714. The molecule has 0 radical (unpaired) electrons. The SMILES string of the molecule is OCc1ccnc(C2CSCCS2)n1. The Bertz CT molecular complexity index is 303. The molecule has 0 aliphatic carbocycles. The summed E-state index contributed by atoms with van der Waals surface area (Å²) in [7, 11) is 0. The van der Waals surface area contributed by atoms with E-state index in [4.69, 9.17) is 5.11 Å². The molecule has 1 fully saturated rings. The Morgan fingerprint density at radius 2 is 2.43 bits per heavy atom. The van der Waals surface area contributed by atoms with Crippen molar-refractivity contribution in [1.29, 1.82) is 0 Å². The Morgan fingerprint density at radius 3 is 3.14 bits per heavy atom. The van der Waals surface area contributed by atoms with Crippen LogP contribution in [-0.2, 0) is 6.61 Å². The minimum Gasteiger partial charge on any atom is -0.390 e. The van der Waals surface area contributed by atoms with Gasteiger partial charge in [-0.25, -0.2) is 9.97 Å². The molecule has 0 aromatic carbocycles. The zero-order valence-electron chi connectivity index (χ0n) is 7.72. The number of thioether (sulfide) groups is 2. The first-order valence-electron chi connectivity index (χ1n) is 4.52. The highest BCUT2D eigenvalue weighted by atomic mass is 32.2. The van der Waals surface area contributed by atoms with Crippen LogP contribution < -0.4 is 0 Å². The van der Waals surface area contributed by atoms with Crippen molar-refractivity contribution in [2.45, 2.75) is 11.9 Å². The van der Waals surface area contributed by atoms with Crippen molar-refractivity contribution in [1.82, 2.24) is 9.97 Å². The Morgan fingerprint density at radius 1 is 1.50 bits per heavy atom. The Labute approximate surface area is 91.7 Å². The van der Waals surface area contributed by atoms with Crippen molar-refractivity contribution < 1.29 is 5.11 Å². The molecule has 14 heavy (non-hydrogen) atoms. The predicted octanol–water partition coefficient (Wildman–Crippen LogP) is 1.49. The topological polar surface area (TPSA) is 46.0 Å². The van der Waals surface area contributed by atoms with Gasteiger partial charge in [-0.3, -0.25) is 0 Å². The van der Waals surface area contributed by atoms with Crippen LogP contribution in [0.15, 0.2) is 12.3 Å². The summed E-state index contributed by atoms with van der Waals surface area (Å²) in [6.45, 7) is 0.0000491. The first-order valence-corrected chi connectivity index (χ1v) is 6.72. The molecule has 1 aromatic rings. The van der Waals surface area contributed by atoms with Gasteiger partial charge in [-0.1, -0.05) is 0 Å². The van der Waals surface area contributed by atoms with Gasteiger partial charge in [0.05, 0.1) is 17.6 Å². The number of hydrogen-bond donors (Lipinski definition) is 1. The van der Waals surface area contributed by atoms with Gasteiger partial charge in [0.15, 0.2) is 0 Å². The highest BCUT2D eigenvalue weighted by molar-refractivity contribution is 8.06. The second-order valence-electron chi connectivity index (χ2n) is 3.00. The number of aromatic nitrogens is 2. The quantitative estimate of drug-likeness (QED) is 0.831. The van der Waals surface area contributed by atoms with Crippen LogP contribution in [0.5, 0.6) is 0 Å². The van der Waals surface area contributed by atoms with Crippen LogP contribution >= 0.6 is 23.5 Å². The molecule has 5 heteroatoms. The molecule has 0 saturated carbocycles. The third kappa shape index (κ3) is 2.40. The van der Waals surface area contributed by atoms with Crippen LogP contribution in [0.4, 0.5) is 0 Å². The fourth-order valence-corrected chi connectivity index (χ4v) is 3.90. The molecule has 0 bridgehead atoms. The van der Waals surface area contributed by atoms with Gasteiger partial charge in [-0.15, -0.1) is 11.8 Å². The summed E-state index contributed by atoms with van der Waals surface area (Å²) in [4.78, 5) is 8.57. The molecule has 1 atom stereocenters. The summed E-state index contributed by atoms with van der Waals surface area (Å²) >= 11 is 3.86. The highest BCUT2D eigenvalue weighted by Crippen LogP contribution is 2.34. The monoisotopic (exact) mass is 228 g/mol. The lowest BCUT2D eigenvalue weighted by atomic mass is 10.4. The van der Waals surface area contributed by atoms with Crippen LogP contribution in [0, 0.1) is 0 Å². The van der Waals surface area contributed by atoms with E-state index in [1.165, 1.54) is 11.5 Å². The van der Waals surface area contributed by atoms with Gasteiger partial charge in [0.25, 0.3) is 0 Å². The van der Waals surface area contributed by atoms with Crippen molar-refractivity contribution in [3.63, 3.8) is 0 Å². The average molecular weight is 228 g/mol. The molecule has 76 valence electrons. The molecule has 2 heterocycles. The third-order valence-corrected chi connectivity index (χ3v) is 4.75. The second-order valence-corrected chi connectivity index (χ2v) is 5.46. The largest absolute Gasteiger partial charge is 0.390 e. The average Bonchev–Trinajstić information content (AvgIpc) is 2.30. The maximum atomic E-state index is 8.96. The zero-order chi connectivity index (χ0) is 9.80. The van der Waals surface area contributed by atoms with Gasteiger partial charge in [0, 0.05) is 23.5 Å². The number of nitrogens with zero attached hydrogens (tertiary/aromatic N) is 2. The van der Waals surface area contributed by atoms with Gasteiger partial charge in [0.2, 0.25) is 0 Å². The molecule has 1 unspecified atom stereocenters. The molecule has 0 amide bonds. The summed E-state index contributed by atoms with van der Waals surface area (Å²) in [6.07, 6.45) is 1.73. The first-order chi connectivity index (χ1) is 6.90. The van der Waals surface area contributed by atoms with Crippen LogP contribution in [0.2, 0.25) is 0 Å². The third-order valence-electron chi connectivity index (χ3n) is 2.00. The molecule has 1 aliphatic rings. The van der Waals surface area contributed by atoms with E-state index < -0.39 is 0 Å². The van der Waals surface area contributed by atoms with Crippen molar-refractivity contribution in [2.75, 3.05) is 17.3 Å². The lowest BCUT2D eigenvalue weighted by Gasteiger charge is -2.19. The molecule has 2 rings (SSSR count). The smallest absolute Gasteiger partial charge is 0.142 e. The van der Waals surface area contributed by atoms with Crippen molar-refractivity contribution in [2.24, 2.45) is 0 Å². The van der Waals surface area contributed by atoms with Crippen molar-refractivity contribution in [3.05, 3.63) is 23.8 Å². The molecule has 1 N–H and O–H groups in total. The van der Waals surface area contributed by atoms with Gasteiger partial charge in [-0.05, 0) is 6.07 Å². The standard InChI is InChI=1S/C9H12N2OS2/c12-5-7-1-2-10-9(11-7)8-6-13-3-4-14-8/h1-2,8,12H,3-6H2. The normalized spacial score (nSPS) is 22.2. The first kappa shape index (κ1) is 10.3. The minimum absolute atomic E-state index is 0.0000491. The van der Waals surface area contributed by atoms with E-state index in [0.29, 0.717) is 10.9 Å². The summed E-state index contributed by atoms with van der Waals surface area (Å²) in [6, 6.07) is 1.75. The fraction of sp³-hybridized carbons (Fsp3) is 0.556. The van der Waals surface area contributed by atoms with Crippen LogP contribution in [0.25, 0.3) is 0 Å². The van der Waals surface area contributed by atoms with Crippen LogP contribution in [-0.4, -0.2) is 32.3 Å². The predicted molar refractivity (Wildman–Crippen MR) is 60.5 cm³/mol. The number of aliphatic hydroxyl groups is 1. The fourth-order valence-electron chi connectivity index (χ4n) is 1.29. The van der Waals surface area contributed by atoms with Gasteiger partial charge in [0.1, 0.15) is 5.82 Å². The van der Waals surface area contributed by atoms with E-state index in [-0.39, 0.29) is 6.61 Å². The maximum Gasteiger partial charge on any atom is 0.142 e. The second kappa shape index (κ2) is 5.00. The zero-order valence-corrected chi connectivity index (χ0v) is 9.35. The van der Waals surface area contributed by atoms with E-state index in [1.54, 1.807) is 12.3 Å². The van der Waals surface area contributed by atoms with E-state index in [9.17, 15) is 0 Å². The van der Waals surface area contributed by atoms with Crippen LogP contribution in [0.3, 0.4) is 0 Å². The van der Waals surface area contributed by atoms with E-state index in [2.05, 4.69) is 9.97 Å². The number of aliphatic hydroxyl groups excluding tert-OH is 1. The summed E-state index contributed by atoms with van der Waals surface area (Å²) in [5.74, 6) is 4.34. The molecule has 0 spiro atoms. The minimum atomic E-state index is 0.0000491. The van der Waals surface area contributed by atoms with Gasteiger partial charge in [-0.2, -0.15) is 11.8 Å². The molecule has 1 aliphatic heterocycles. The molecule has 3 nitrogen and oxygen atoms in total. The van der Waals surface area contributed by atoms with E-state index >= 15 is 0 Å². The maximum absolute atomic E-state index is 8.96. The molecular formula is C9H12N2OS2. The number of rotatable bonds is 2.